The summed E-state index contributed by atoms with van der Waals surface area (Å²) in [6.07, 6.45) is 3.55. The molecule has 0 atom stereocenters. The van der Waals surface area contributed by atoms with Crippen LogP contribution < -0.4 is 0 Å². The van der Waals surface area contributed by atoms with Crippen molar-refractivity contribution >= 4 is 33.1 Å². The van der Waals surface area contributed by atoms with Gasteiger partial charge in [-0.25, -0.2) is 14.4 Å². The van der Waals surface area contributed by atoms with Crippen LogP contribution in [0.2, 0.25) is 0 Å². The van der Waals surface area contributed by atoms with E-state index in [9.17, 15) is 4.39 Å². The fourth-order valence-electron chi connectivity index (χ4n) is 3.55. The number of fused-ring (bicyclic) bond motifs is 4. The van der Waals surface area contributed by atoms with Crippen LogP contribution in [0.3, 0.4) is 0 Å². The first kappa shape index (κ1) is 15.9. The van der Waals surface area contributed by atoms with Gasteiger partial charge in [-0.3, -0.25) is 4.98 Å². The maximum absolute atomic E-state index is 14.0. The van der Waals surface area contributed by atoms with Gasteiger partial charge in [0.05, 0.1) is 16.6 Å². The quantitative estimate of drug-likeness (QED) is 0.450. The average molecular weight is 356 g/mol. The SMILES string of the molecule is Cc1cc2nc3c4cc(F)ccc4n(Cc4ccncc4)c3nc2cc1C. The molecule has 0 spiro atoms. The second kappa shape index (κ2) is 5.84. The lowest BCUT2D eigenvalue weighted by atomic mass is 10.1. The van der Waals surface area contributed by atoms with Gasteiger partial charge in [-0.2, -0.15) is 0 Å². The highest BCUT2D eigenvalue weighted by Gasteiger charge is 2.16. The van der Waals surface area contributed by atoms with E-state index in [1.807, 2.05) is 18.2 Å². The van der Waals surface area contributed by atoms with Gasteiger partial charge in [0.15, 0.2) is 5.65 Å². The lowest BCUT2D eigenvalue weighted by molar-refractivity contribution is 0.629. The molecule has 3 heterocycles. The molecule has 4 nitrogen and oxygen atoms in total. The van der Waals surface area contributed by atoms with Crippen molar-refractivity contribution in [2.45, 2.75) is 20.4 Å². The van der Waals surface area contributed by atoms with Crippen LogP contribution >= 0.6 is 0 Å². The molecule has 0 aliphatic heterocycles. The summed E-state index contributed by atoms with van der Waals surface area (Å²) in [6.45, 7) is 4.76. The first-order valence-electron chi connectivity index (χ1n) is 8.85. The van der Waals surface area contributed by atoms with Crippen LogP contribution in [0, 0.1) is 19.7 Å². The van der Waals surface area contributed by atoms with Gasteiger partial charge in [0.2, 0.25) is 0 Å². The summed E-state index contributed by atoms with van der Waals surface area (Å²) in [6, 6.07) is 12.9. The number of rotatable bonds is 2. The van der Waals surface area contributed by atoms with E-state index in [0.717, 1.165) is 38.7 Å². The fourth-order valence-corrected chi connectivity index (χ4v) is 3.55. The van der Waals surface area contributed by atoms with Crippen molar-refractivity contribution < 1.29 is 4.39 Å². The van der Waals surface area contributed by atoms with E-state index in [-0.39, 0.29) is 5.82 Å². The van der Waals surface area contributed by atoms with Crippen LogP contribution in [0.1, 0.15) is 16.7 Å². The predicted molar refractivity (Wildman–Crippen MR) is 105 cm³/mol. The minimum Gasteiger partial charge on any atom is -0.319 e. The zero-order valence-electron chi connectivity index (χ0n) is 15.1. The lowest BCUT2D eigenvalue weighted by Crippen LogP contribution is -2.01. The molecule has 5 heteroatoms. The first-order valence-corrected chi connectivity index (χ1v) is 8.85. The molecule has 0 radical (unpaired) electrons. The molecule has 0 saturated heterocycles. The molecule has 0 aliphatic rings. The number of benzene rings is 2. The fraction of sp³-hybridized carbons (Fsp3) is 0.136. The van der Waals surface area contributed by atoms with E-state index in [0.29, 0.717) is 6.54 Å². The van der Waals surface area contributed by atoms with Crippen LogP contribution in [0.15, 0.2) is 54.9 Å². The van der Waals surface area contributed by atoms with Gasteiger partial charge in [-0.15, -0.1) is 0 Å². The molecule has 27 heavy (non-hydrogen) atoms. The maximum atomic E-state index is 14.0. The van der Waals surface area contributed by atoms with Crippen molar-refractivity contribution in [3.63, 3.8) is 0 Å². The Morgan fingerprint density at radius 3 is 2.33 bits per heavy atom. The highest BCUT2D eigenvalue weighted by Crippen LogP contribution is 2.30. The number of pyridine rings is 1. The predicted octanol–water partition coefficient (Wildman–Crippen LogP) is 4.94. The molecule has 0 unspecified atom stereocenters. The minimum atomic E-state index is -0.271. The number of aromatic nitrogens is 4. The number of hydrogen-bond acceptors (Lipinski definition) is 3. The van der Waals surface area contributed by atoms with Gasteiger partial charge in [0.25, 0.3) is 0 Å². The number of halogens is 1. The van der Waals surface area contributed by atoms with Gasteiger partial charge < -0.3 is 4.57 Å². The van der Waals surface area contributed by atoms with E-state index in [4.69, 9.17) is 9.97 Å². The number of hydrogen-bond donors (Lipinski definition) is 0. The van der Waals surface area contributed by atoms with E-state index in [1.165, 1.54) is 17.2 Å². The summed E-state index contributed by atoms with van der Waals surface area (Å²) in [4.78, 5) is 13.8. The van der Waals surface area contributed by atoms with Crippen molar-refractivity contribution in [2.75, 3.05) is 0 Å². The molecule has 0 N–H and O–H groups in total. The molecular formula is C22H17FN4. The Morgan fingerprint density at radius 1 is 0.889 bits per heavy atom. The summed E-state index contributed by atoms with van der Waals surface area (Å²) in [7, 11) is 0. The van der Waals surface area contributed by atoms with Gasteiger partial charge in [0, 0.05) is 24.3 Å². The Morgan fingerprint density at radius 2 is 1.59 bits per heavy atom. The Bertz CT molecular complexity index is 1320. The molecule has 0 amide bonds. The highest BCUT2D eigenvalue weighted by molar-refractivity contribution is 6.06. The van der Waals surface area contributed by atoms with Crippen molar-refractivity contribution in [1.82, 2.24) is 19.5 Å². The molecule has 2 aromatic carbocycles. The van der Waals surface area contributed by atoms with Gasteiger partial charge >= 0.3 is 0 Å². The molecule has 5 aromatic rings. The molecular weight excluding hydrogens is 339 g/mol. The summed E-state index contributed by atoms with van der Waals surface area (Å²) >= 11 is 0. The number of nitrogens with zero attached hydrogens (tertiary/aromatic N) is 4. The van der Waals surface area contributed by atoms with Gasteiger partial charge in [-0.1, -0.05) is 0 Å². The molecule has 5 rings (SSSR count). The Hall–Kier alpha value is -3.34. The summed E-state index contributed by atoms with van der Waals surface area (Å²) in [5.41, 5.74) is 7.56. The van der Waals surface area contributed by atoms with Crippen molar-refractivity contribution in [1.29, 1.82) is 0 Å². The third-order valence-electron chi connectivity index (χ3n) is 5.11. The standard InChI is InChI=1S/C22H17FN4/c1-13-9-18-19(10-14(13)2)26-22-21(25-18)17-11-16(23)3-4-20(17)27(22)12-15-5-7-24-8-6-15/h3-11H,12H2,1-2H3. The number of aryl methyl sites for hydroxylation is 2. The van der Waals surface area contributed by atoms with Crippen LogP contribution in [0.5, 0.6) is 0 Å². The molecule has 0 aliphatic carbocycles. The average Bonchev–Trinajstić information content (AvgIpc) is 2.94. The van der Waals surface area contributed by atoms with Crippen molar-refractivity contribution in [3.8, 4) is 0 Å². The Labute approximate surface area is 155 Å². The normalized spacial score (nSPS) is 11.7. The van der Waals surface area contributed by atoms with E-state index in [1.54, 1.807) is 24.5 Å². The zero-order chi connectivity index (χ0) is 18.5. The molecule has 3 aromatic heterocycles. The summed E-state index contributed by atoms with van der Waals surface area (Å²) in [5, 5.41) is 0.784. The van der Waals surface area contributed by atoms with E-state index >= 15 is 0 Å². The minimum absolute atomic E-state index is 0.271. The largest absolute Gasteiger partial charge is 0.319 e. The highest BCUT2D eigenvalue weighted by atomic mass is 19.1. The second-order valence-electron chi connectivity index (χ2n) is 6.92. The van der Waals surface area contributed by atoms with Crippen LogP contribution in [-0.4, -0.2) is 19.5 Å². The third kappa shape index (κ3) is 2.54. The monoisotopic (exact) mass is 356 g/mol. The Kier molecular flexibility index (Phi) is 3.44. The third-order valence-corrected chi connectivity index (χ3v) is 5.11. The topological polar surface area (TPSA) is 43.6 Å². The van der Waals surface area contributed by atoms with Crippen LogP contribution in [0.25, 0.3) is 33.1 Å². The molecule has 0 fully saturated rings. The first-order chi connectivity index (χ1) is 13.1. The Balaban J connectivity index is 1.87. The van der Waals surface area contributed by atoms with Gasteiger partial charge in [0.1, 0.15) is 11.3 Å². The van der Waals surface area contributed by atoms with Crippen LogP contribution in [-0.2, 0) is 6.54 Å². The molecule has 0 bridgehead atoms. The van der Waals surface area contributed by atoms with Crippen molar-refractivity contribution in [2.24, 2.45) is 0 Å². The molecule has 132 valence electrons. The summed E-state index contributed by atoms with van der Waals surface area (Å²) < 4.78 is 16.1. The summed E-state index contributed by atoms with van der Waals surface area (Å²) in [5.74, 6) is -0.271. The molecule has 0 saturated carbocycles. The maximum Gasteiger partial charge on any atom is 0.160 e. The lowest BCUT2D eigenvalue weighted by Gasteiger charge is -2.08. The van der Waals surface area contributed by atoms with Crippen molar-refractivity contribution in [3.05, 3.63) is 77.4 Å². The second-order valence-corrected chi connectivity index (χ2v) is 6.92. The van der Waals surface area contributed by atoms with Gasteiger partial charge in [-0.05, 0) is 73.0 Å². The van der Waals surface area contributed by atoms with E-state index < -0.39 is 0 Å². The van der Waals surface area contributed by atoms with Crippen LogP contribution in [0.4, 0.5) is 4.39 Å². The smallest absolute Gasteiger partial charge is 0.160 e. The zero-order valence-corrected chi connectivity index (χ0v) is 15.1. The van der Waals surface area contributed by atoms with E-state index in [2.05, 4.69) is 29.5 Å².